The maximum absolute atomic E-state index is 11.4. The van der Waals surface area contributed by atoms with Gasteiger partial charge in [0.05, 0.1) is 6.61 Å². The van der Waals surface area contributed by atoms with Crippen molar-refractivity contribution in [3.63, 3.8) is 0 Å². The Labute approximate surface area is 97.8 Å². The van der Waals surface area contributed by atoms with Crippen LogP contribution in [0.4, 0.5) is 0 Å². The van der Waals surface area contributed by atoms with Crippen molar-refractivity contribution in [1.82, 2.24) is 9.38 Å². The summed E-state index contributed by atoms with van der Waals surface area (Å²) in [7, 11) is 0. The van der Waals surface area contributed by atoms with Gasteiger partial charge in [0.2, 0.25) is 0 Å². The lowest BCUT2D eigenvalue weighted by molar-refractivity contribution is 0.0520. The van der Waals surface area contributed by atoms with Crippen LogP contribution in [0.1, 0.15) is 23.0 Å². The van der Waals surface area contributed by atoms with Crippen LogP contribution in [-0.2, 0) is 10.6 Å². The molecular formula is C11H11ClN2O2. The van der Waals surface area contributed by atoms with Crippen LogP contribution in [0.5, 0.6) is 0 Å². The SMILES string of the molecule is CCOC(=O)c1cn2cc(CCl)ccc2n1. The molecule has 0 radical (unpaired) electrons. The molecule has 0 saturated carbocycles. The Balaban J connectivity index is 2.39. The number of hydrogen-bond donors (Lipinski definition) is 0. The highest BCUT2D eigenvalue weighted by molar-refractivity contribution is 6.17. The fraction of sp³-hybridized carbons (Fsp3) is 0.273. The maximum Gasteiger partial charge on any atom is 0.358 e. The van der Waals surface area contributed by atoms with Gasteiger partial charge in [-0.15, -0.1) is 11.6 Å². The number of rotatable bonds is 3. The highest BCUT2D eigenvalue weighted by Gasteiger charge is 2.11. The quantitative estimate of drug-likeness (QED) is 0.609. The number of aromatic nitrogens is 2. The minimum absolute atomic E-state index is 0.313. The van der Waals surface area contributed by atoms with E-state index in [1.165, 1.54) is 0 Å². The van der Waals surface area contributed by atoms with Gasteiger partial charge < -0.3 is 9.14 Å². The first-order valence-corrected chi connectivity index (χ1v) is 5.48. The number of halogens is 1. The number of carbonyl (C=O) groups is 1. The molecule has 0 aliphatic heterocycles. The molecule has 84 valence electrons. The summed E-state index contributed by atoms with van der Waals surface area (Å²) in [6.45, 7) is 2.11. The number of ether oxygens (including phenoxy) is 1. The van der Waals surface area contributed by atoms with E-state index < -0.39 is 5.97 Å². The van der Waals surface area contributed by atoms with Crippen LogP contribution in [0.25, 0.3) is 5.65 Å². The Morgan fingerprint density at radius 3 is 3.00 bits per heavy atom. The molecule has 2 aromatic rings. The third-order valence-corrected chi connectivity index (χ3v) is 2.46. The Kier molecular flexibility index (Phi) is 3.10. The molecule has 4 nitrogen and oxygen atoms in total. The zero-order valence-electron chi connectivity index (χ0n) is 8.81. The second kappa shape index (κ2) is 4.53. The zero-order valence-corrected chi connectivity index (χ0v) is 9.57. The van der Waals surface area contributed by atoms with Crippen molar-refractivity contribution in [2.45, 2.75) is 12.8 Å². The third-order valence-electron chi connectivity index (χ3n) is 2.15. The summed E-state index contributed by atoms with van der Waals surface area (Å²) in [4.78, 5) is 15.6. The van der Waals surface area contributed by atoms with Gasteiger partial charge in [-0.05, 0) is 18.6 Å². The van der Waals surface area contributed by atoms with E-state index in [2.05, 4.69) is 4.98 Å². The van der Waals surface area contributed by atoms with Gasteiger partial charge in [0.25, 0.3) is 0 Å². The minimum Gasteiger partial charge on any atom is -0.461 e. The fourth-order valence-corrected chi connectivity index (χ4v) is 1.58. The molecular weight excluding hydrogens is 228 g/mol. The molecule has 0 aliphatic rings. The Bertz CT molecular complexity index is 522. The molecule has 0 amide bonds. The molecule has 16 heavy (non-hydrogen) atoms. The van der Waals surface area contributed by atoms with E-state index in [0.717, 1.165) is 5.56 Å². The molecule has 0 atom stereocenters. The number of fused-ring (bicyclic) bond motifs is 1. The van der Waals surface area contributed by atoms with Crippen LogP contribution in [0.2, 0.25) is 0 Å². The molecule has 5 heteroatoms. The van der Waals surface area contributed by atoms with Gasteiger partial charge in [-0.25, -0.2) is 9.78 Å². The number of nitrogens with zero attached hydrogens (tertiary/aromatic N) is 2. The molecule has 2 rings (SSSR count). The second-order valence-corrected chi connectivity index (χ2v) is 3.55. The van der Waals surface area contributed by atoms with E-state index in [-0.39, 0.29) is 0 Å². The zero-order chi connectivity index (χ0) is 11.5. The second-order valence-electron chi connectivity index (χ2n) is 3.28. The Morgan fingerprint density at radius 1 is 1.50 bits per heavy atom. The van der Waals surface area contributed by atoms with Crippen LogP contribution in [0.15, 0.2) is 24.5 Å². The summed E-state index contributed by atoms with van der Waals surface area (Å²) in [5, 5.41) is 0. The third kappa shape index (κ3) is 2.02. The van der Waals surface area contributed by atoms with Gasteiger partial charge >= 0.3 is 5.97 Å². The number of esters is 1. The first-order chi connectivity index (χ1) is 7.74. The van der Waals surface area contributed by atoms with Crippen LogP contribution in [0, 0.1) is 0 Å². The van der Waals surface area contributed by atoms with Gasteiger partial charge in [0.15, 0.2) is 5.69 Å². The molecule has 0 spiro atoms. The van der Waals surface area contributed by atoms with Gasteiger partial charge in [-0.3, -0.25) is 0 Å². The molecule has 0 unspecified atom stereocenters. The van der Waals surface area contributed by atoms with Gasteiger partial charge in [-0.2, -0.15) is 0 Å². The monoisotopic (exact) mass is 238 g/mol. The van der Waals surface area contributed by atoms with Crippen molar-refractivity contribution in [2.75, 3.05) is 6.61 Å². The summed E-state index contributed by atoms with van der Waals surface area (Å²) >= 11 is 5.72. The minimum atomic E-state index is -0.404. The van der Waals surface area contributed by atoms with Crippen molar-refractivity contribution in [1.29, 1.82) is 0 Å². The van der Waals surface area contributed by atoms with E-state index in [1.54, 1.807) is 17.5 Å². The first-order valence-electron chi connectivity index (χ1n) is 4.95. The highest BCUT2D eigenvalue weighted by atomic mass is 35.5. The lowest BCUT2D eigenvalue weighted by atomic mass is 10.3. The van der Waals surface area contributed by atoms with E-state index in [4.69, 9.17) is 16.3 Å². The predicted octanol–water partition coefficient (Wildman–Crippen LogP) is 2.25. The standard InChI is InChI=1S/C11H11ClN2O2/c1-2-16-11(15)9-7-14-6-8(5-12)3-4-10(14)13-9/h3-4,6-7H,2,5H2,1H3. The summed E-state index contributed by atoms with van der Waals surface area (Å²) in [5.41, 5.74) is 1.99. The summed E-state index contributed by atoms with van der Waals surface area (Å²) < 4.78 is 6.64. The smallest absolute Gasteiger partial charge is 0.358 e. The predicted molar refractivity (Wildman–Crippen MR) is 60.7 cm³/mol. The number of alkyl halides is 1. The highest BCUT2D eigenvalue weighted by Crippen LogP contribution is 2.10. The lowest BCUT2D eigenvalue weighted by Gasteiger charge is -1.95. The van der Waals surface area contributed by atoms with Crippen molar-refractivity contribution in [3.8, 4) is 0 Å². The molecule has 0 aromatic carbocycles. The topological polar surface area (TPSA) is 43.6 Å². The van der Waals surface area contributed by atoms with Crippen molar-refractivity contribution in [3.05, 3.63) is 35.8 Å². The fourth-order valence-electron chi connectivity index (χ4n) is 1.42. The largest absolute Gasteiger partial charge is 0.461 e. The average Bonchev–Trinajstić information content (AvgIpc) is 2.71. The van der Waals surface area contributed by atoms with E-state index in [0.29, 0.717) is 23.8 Å². The molecule has 0 N–H and O–H groups in total. The summed E-state index contributed by atoms with van der Waals surface area (Å²) in [6, 6.07) is 3.70. The number of imidazole rings is 1. The van der Waals surface area contributed by atoms with Gasteiger partial charge in [0, 0.05) is 18.3 Å². The van der Waals surface area contributed by atoms with Crippen LogP contribution in [0.3, 0.4) is 0 Å². The lowest BCUT2D eigenvalue weighted by Crippen LogP contribution is -2.04. The van der Waals surface area contributed by atoms with Gasteiger partial charge in [-0.1, -0.05) is 6.07 Å². The molecule has 0 bridgehead atoms. The van der Waals surface area contributed by atoms with Crippen molar-refractivity contribution >= 4 is 23.2 Å². The Morgan fingerprint density at radius 2 is 2.31 bits per heavy atom. The molecule has 2 heterocycles. The molecule has 2 aromatic heterocycles. The average molecular weight is 239 g/mol. The van der Waals surface area contributed by atoms with Crippen LogP contribution < -0.4 is 0 Å². The summed E-state index contributed by atoms with van der Waals surface area (Å²) in [6.07, 6.45) is 3.49. The number of carbonyl (C=O) groups excluding carboxylic acids is 1. The van der Waals surface area contributed by atoms with E-state index in [9.17, 15) is 4.79 Å². The van der Waals surface area contributed by atoms with Crippen LogP contribution in [-0.4, -0.2) is 22.0 Å². The maximum atomic E-state index is 11.4. The number of hydrogen-bond acceptors (Lipinski definition) is 3. The van der Waals surface area contributed by atoms with E-state index >= 15 is 0 Å². The number of pyridine rings is 1. The van der Waals surface area contributed by atoms with Crippen LogP contribution >= 0.6 is 11.6 Å². The van der Waals surface area contributed by atoms with E-state index in [1.807, 2.05) is 18.3 Å². The Hall–Kier alpha value is -1.55. The van der Waals surface area contributed by atoms with Gasteiger partial charge in [0.1, 0.15) is 5.65 Å². The molecule has 0 fully saturated rings. The normalized spacial score (nSPS) is 10.6. The molecule has 0 aliphatic carbocycles. The first kappa shape index (κ1) is 11.0. The van der Waals surface area contributed by atoms with Crippen molar-refractivity contribution in [2.24, 2.45) is 0 Å². The summed E-state index contributed by atoms with van der Waals surface area (Å²) in [5.74, 6) is 0.0293. The van der Waals surface area contributed by atoms with Crippen molar-refractivity contribution < 1.29 is 9.53 Å². The molecule has 0 saturated heterocycles.